The third-order valence-electron chi connectivity index (χ3n) is 3.77. The van der Waals surface area contributed by atoms with Gasteiger partial charge in [-0.2, -0.15) is 0 Å². The maximum absolute atomic E-state index is 12.5. The number of Topliss-reactive ketones (excluding diaryl/α,β-unsaturated/α-hetero) is 1. The standard InChI is InChI=1S/C16H21BrO6S/c1-3-24(19,20)15-9-11(14(21-2)10-12(15)17)13(18)5-6-16-22-7-4-8-23-16/h9-10,16H,3-8H2,1-2H3. The Morgan fingerprint density at radius 3 is 2.58 bits per heavy atom. The molecule has 1 fully saturated rings. The number of carbonyl (C=O) groups is 1. The highest BCUT2D eigenvalue weighted by Gasteiger charge is 2.23. The maximum atomic E-state index is 12.5. The quantitative estimate of drug-likeness (QED) is 0.630. The monoisotopic (exact) mass is 420 g/mol. The van der Waals surface area contributed by atoms with Crippen LogP contribution in [0.4, 0.5) is 0 Å². The van der Waals surface area contributed by atoms with E-state index >= 15 is 0 Å². The fraction of sp³-hybridized carbons (Fsp3) is 0.562. The van der Waals surface area contributed by atoms with Gasteiger partial charge in [0.05, 0.1) is 36.5 Å². The van der Waals surface area contributed by atoms with Gasteiger partial charge in [0, 0.05) is 17.3 Å². The number of ketones is 1. The Morgan fingerprint density at radius 2 is 2.00 bits per heavy atom. The molecule has 1 aliphatic heterocycles. The van der Waals surface area contributed by atoms with Gasteiger partial charge in [-0.3, -0.25) is 4.79 Å². The first-order valence-electron chi connectivity index (χ1n) is 7.75. The summed E-state index contributed by atoms with van der Waals surface area (Å²) in [6, 6.07) is 2.90. The maximum Gasteiger partial charge on any atom is 0.179 e. The van der Waals surface area contributed by atoms with E-state index in [1.807, 2.05) is 0 Å². The molecule has 0 saturated carbocycles. The molecule has 1 saturated heterocycles. The van der Waals surface area contributed by atoms with E-state index in [1.165, 1.54) is 19.2 Å². The molecule has 0 spiro atoms. The number of ether oxygens (including phenoxy) is 3. The summed E-state index contributed by atoms with van der Waals surface area (Å²) in [4.78, 5) is 12.6. The second kappa shape index (κ2) is 8.42. The van der Waals surface area contributed by atoms with Crippen molar-refractivity contribution in [2.75, 3.05) is 26.1 Å². The van der Waals surface area contributed by atoms with Gasteiger partial charge in [0.2, 0.25) is 0 Å². The minimum atomic E-state index is -3.45. The molecule has 0 aromatic heterocycles. The second-order valence-corrected chi connectivity index (χ2v) is 8.47. The summed E-state index contributed by atoms with van der Waals surface area (Å²) in [5.74, 6) is 0.0899. The lowest BCUT2D eigenvalue weighted by Crippen LogP contribution is -2.25. The van der Waals surface area contributed by atoms with Crippen LogP contribution in [0.2, 0.25) is 0 Å². The first-order valence-corrected chi connectivity index (χ1v) is 10.2. The highest BCUT2D eigenvalue weighted by molar-refractivity contribution is 9.10. The molecule has 0 amide bonds. The van der Waals surface area contributed by atoms with Crippen molar-refractivity contribution < 1.29 is 27.4 Å². The van der Waals surface area contributed by atoms with Crippen molar-refractivity contribution in [3.8, 4) is 5.75 Å². The van der Waals surface area contributed by atoms with E-state index in [4.69, 9.17) is 14.2 Å². The van der Waals surface area contributed by atoms with E-state index in [-0.39, 0.29) is 34.7 Å². The summed E-state index contributed by atoms with van der Waals surface area (Å²) < 4.78 is 40.8. The van der Waals surface area contributed by atoms with E-state index < -0.39 is 9.84 Å². The zero-order chi connectivity index (χ0) is 17.7. The molecule has 6 nitrogen and oxygen atoms in total. The smallest absolute Gasteiger partial charge is 0.179 e. The molecule has 0 N–H and O–H groups in total. The molecule has 2 rings (SSSR count). The van der Waals surface area contributed by atoms with Crippen molar-refractivity contribution in [2.45, 2.75) is 37.4 Å². The lowest BCUT2D eigenvalue weighted by Gasteiger charge is -2.23. The minimum absolute atomic E-state index is 0.0463. The molecule has 8 heteroatoms. The van der Waals surface area contributed by atoms with Gasteiger partial charge in [0.15, 0.2) is 21.9 Å². The highest BCUT2D eigenvalue weighted by Crippen LogP contribution is 2.32. The van der Waals surface area contributed by atoms with Crippen molar-refractivity contribution in [1.82, 2.24) is 0 Å². The zero-order valence-corrected chi connectivity index (χ0v) is 16.1. The minimum Gasteiger partial charge on any atom is -0.496 e. The Kier molecular flexibility index (Phi) is 6.79. The van der Waals surface area contributed by atoms with Crippen molar-refractivity contribution in [1.29, 1.82) is 0 Å². The number of rotatable bonds is 7. The van der Waals surface area contributed by atoms with Crippen molar-refractivity contribution in [3.63, 3.8) is 0 Å². The Labute approximate surface area is 150 Å². The van der Waals surface area contributed by atoms with Gasteiger partial charge in [-0.15, -0.1) is 0 Å². The van der Waals surface area contributed by atoms with E-state index in [1.54, 1.807) is 6.92 Å². The van der Waals surface area contributed by atoms with Gasteiger partial charge in [-0.25, -0.2) is 8.42 Å². The molecule has 0 atom stereocenters. The Balaban J connectivity index is 2.23. The van der Waals surface area contributed by atoms with Crippen LogP contribution < -0.4 is 4.74 Å². The van der Waals surface area contributed by atoms with Gasteiger partial charge in [-0.05, 0) is 34.5 Å². The Morgan fingerprint density at radius 1 is 1.33 bits per heavy atom. The van der Waals surface area contributed by atoms with Crippen LogP contribution in [0, 0.1) is 0 Å². The predicted molar refractivity (Wildman–Crippen MR) is 92.3 cm³/mol. The molecule has 1 aromatic rings. The van der Waals surface area contributed by atoms with Crippen LogP contribution in [-0.4, -0.2) is 46.6 Å². The lowest BCUT2D eigenvalue weighted by atomic mass is 10.1. The third-order valence-corrected chi connectivity index (χ3v) is 6.46. The van der Waals surface area contributed by atoms with Crippen LogP contribution in [0.1, 0.15) is 36.5 Å². The van der Waals surface area contributed by atoms with E-state index in [0.717, 1.165) is 6.42 Å². The third kappa shape index (κ3) is 4.56. The number of benzene rings is 1. The summed E-state index contributed by atoms with van der Waals surface area (Å²) in [7, 11) is -2.00. The van der Waals surface area contributed by atoms with E-state index in [9.17, 15) is 13.2 Å². The summed E-state index contributed by atoms with van der Waals surface area (Å²) >= 11 is 3.24. The van der Waals surface area contributed by atoms with Crippen molar-refractivity contribution >= 4 is 31.6 Å². The number of halogens is 1. The number of hydrogen-bond acceptors (Lipinski definition) is 6. The molecule has 24 heavy (non-hydrogen) atoms. The Hall–Kier alpha value is -0.960. The van der Waals surface area contributed by atoms with Gasteiger partial charge in [0.1, 0.15) is 5.75 Å². The molecule has 1 aromatic carbocycles. The number of methoxy groups -OCH3 is 1. The van der Waals surface area contributed by atoms with Crippen LogP contribution in [0.15, 0.2) is 21.5 Å². The molecule has 0 radical (unpaired) electrons. The molecular weight excluding hydrogens is 400 g/mol. The topological polar surface area (TPSA) is 78.9 Å². The van der Waals surface area contributed by atoms with E-state index in [2.05, 4.69) is 15.9 Å². The molecule has 0 unspecified atom stereocenters. The van der Waals surface area contributed by atoms with Crippen LogP contribution in [0.3, 0.4) is 0 Å². The predicted octanol–water partition coefficient (Wildman–Crippen LogP) is 2.98. The van der Waals surface area contributed by atoms with Crippen molar-refractivity contribution in [2.24, 2.45) is 0 Å². The van der Waals surface area contributed by atoms with Crippen LogP contribution in [0.5, 0.6) is 5.75 Å². The summed E-state index contributed by atoms with van der Waals surface area (Å²) in [5, 5.41) is 0. The molecule has 0 bridgehead atoms. The van der Waals surface area contributed by atoms with Gasteiger partial charge < -0.3 is 14.2 Å². The molecular formula is C16H21BrO6S. The lowest BCUT2D eigenvalue weighted by molar-refractivity contribution is -0.180. The SMILES string of the molecule is CCS(=O)(=O)c1cc(C(=O)CCC2OCCCO2)c(OC)cc1Br. The van der Waals surface area contributed by atoms with Gasteiger partial charge in [0.25, 0.3) is 0 Å². The second-order valence-electron chi connectivity index (χ2n) is 5.37. The highest BCUT2D eigenvalue weighted by atomic mass is 79.9. The zero-order valence-electron chi connectivity index (χ0n) is 13.7. The average Bonchev–Trinajstić information content (AvgIpc) is 2.60. The Bertz CT molecular complexity index is 695. The van der Waals surface area contributed by atoms with Crippen molar-refractivity contribution in [3.05, 3.63) is 22.2 Å². The molecule has 1 heterocycles. The largest absolute Gasteiger partial charge is 0.496 e. The molecule has 1 aliphatic rings. The van der Waals surface area contributed by atoms with Crippen LogP contribution in [0.25, 0.3) is 0 Å². The number of carbonyl (C=O) groups excluding carboxylic acids is 1. The van der Waals surface area contributed by atoms with E-state index in [0.29, 0.717) is 29.9 Å². The fourth-order valence-electron chi connectivity index (χ4n) is 2.40. The number of hydrogen-bond donors (Lipinski definition) is 0. The average molecular weight is 421 g/mol. The first-order chi connectivity index (χ1) is 11.4. The molecule has 134 valence electrons. The fourth-order valence-corrected chi connectivity index (χ4v) is 4.43. The van der Waals surface area contributed by atoms with Crippen LogP contribution >= 0.6 is 15.9 Å². The number of sulfone groups is 1. The normalized spacial score (nSPS) is 16.1. The van der Waals surface area contributed by atoms with Gasteiger partial charge >= 0.3 is 0 Å². The molecule has 0 aliphatic carbocycles. The summed E-state index contributed by atoms with van der Waals surface area (Å²) in [5.41, 5.74) is 0.253. The van der Waals surface area contributed by atoms with Crippen LogP contribution in [-0.2, 0) is 19.3 Å². The summed E-state index contributed by atoms with van der Waals surface area (Å²) in [6.07, 6.45) is 1.08. The first kappa shape index (κ1) is 19.4. The van der Waals surface area contributed by atoms with Gasteiger partial charge in [-0.1, -0.05) is 6.92 Å². The summed E-state index contributed by atoms with van der Waals surface area (Å²) in [6.45, 7) is 2.81.